The van der Waals surface area contributed by atoms with E-state index in [9.17, 15) is 18.4 Å². The quantitative estimate of drug-likeness (QED) is 0.285. The van der Waals surface area contributed by atoms with Crippen molar-refractivity contribution < 1.29 is 32.5 Å². The SMILES string of the molecule is NC(=O)CC1CC(F)(F)C1.NC(=O)c1nonc1C1CC1.c1cc2nc(CCOC3CC3)[nH]c2cc1CCOC1CC1. The standard InChI is InChI=1S/C17H22N2O2.C6H9F2NO.C6H7N3O2/c1-6-15-16(11-12(1)7-9-20-13-2-3-13)19-17(18-15)8-10-21-14-4-5-14;7-6(8)2-4(3-6)1-5(9)10;7-6(10)5-4(3-1-2-3)8-11-9-5/h1,6,11,13-14H,2-5,7-10H2,(H,18,19);4H,1-3H2,(H2,9,10);3H,1-2H2,(H2,7,10). The highest BCUT2D eigenvalue weighted by Crippen LogP contribution is 2.43. The summed E-state index contributed by atoms with van der Waals surface area (Å²) < 4.78 is 40.0. The Morgan fingerprint density at radius 2 is 1.64 bits per heavy atom. The lowest BCUT2D eigenvalue weighted by atomic mass is 9.79. The Labute approximate surface area is 242 Å². The third-order valence-electron chi connectivity index (χ3n) is 7.46. The number of nitrogens with two attached hydrogens (primary N) is 2. The number of fused-ring (bicyclic) bond motifs is 1. The minimum absolute atomic E-state index is 0.107. The highest BCUT2D eigenvalue weighted by atomic mass is 19.3. The number of hydrogen-bond acceptors (Lipinski definition) is 8. The number of nitrogens with one attached hydrogen (secondary N) is 1. The Morgan fingerprint density at radius 3 is 2.21 bits per heavy atom. The van der Waals surface area contributed by atoms with E-state index >= 15 is 0 Å². The van der Waals surface area contributed by atoms with Gasteiger partial charge in [0.1, 0.15) is 11.5 Å². The largest absolute Gasteiger partial charge is 0.378 e. The van der Waals surface area contributed by atoms with E-state index < -0.39 is 17.7 Å². The molecule has 3 aromatic rings. The van der Waals surface area contributed by atoms with E-state index in [1.54, 1.807) is 0 Å². The average Bonchev–Trinajstić information content (AvgIpc) is 3.84. The molecule has 5 N–H and O–H groups in total. The van der Waals surface area contributed by atoms with Crippen molar-refractivity contribution in [2.24, 2.45) is 17.4 Å². The molecule has 2 heterocycles. The number of nitrogens with zero attached hydrogens (tertiary/aromatic N) is 3. The Balaban J connectivity index is 0.000000141. The number of amides is 2. The van der Waals surface area contributed by atoms with E-state index in [-0.39, 0.29) is 30.9 Å². The predicted octanol–water partition coefficient (Wildman–Crippen LogP) is 3.96. The Hall–Kier alpha value is -3.45. The fourth-order valence-corrected chi connectivity index (χ4v) is 4.72. The number of rotatable bonds is 12. The first-order valence-electron chi connectivity index (χ1n) is 14.6. The third-order valence-corrected chi connectivity index (χ3v) is 7.46. The molecule has 0 aliphatic heterocycles. The lowest BCUT2D eigenvalue weighted by Gasteiger charge is -2.33. The molecule has 7 rings (SSSR count). The van der Waals surface area contributed by atoms with Crippen molar-refractivity contribution in [1.29, 1.82) is 0 Å². The molecule has 1 aromatic carbocycles. The van der Waals surface area contributed by atoms with Gasteiger partial charge in [-0.1, -0.05) is 11.2 Å². The van der Waals surface area contributed by atoms with Gasteiger partial charge in [-0.2, -0.15) is 0 Å². The minimum Gasteiger partial charge on any atom is -0.378 e. The molecule has 4 saturated carbocycles. The maximum Gasteiger partial charge on any atom is 0.272 e. The zero-order valence-electron chi connectivity index (χ0n) is 23.5. The molecule has 2 aromatic heterocycles. The molecule has 0 bridgehead atoms. The molecule has 4 aliphatic carbocycles. The second kappa shape index (κ2) is 13.2. The van der Waals surface area contributed by atoms with E-state index in [4.69, 9.17) is 20.9 Å². The van der Waals surface area contributed by atoms with Crippen LogP contribution in [0.15, 0.2) is 22.8 Å². The van der Waals surface area contributed by atoms with Crippen molar-refractivity contribution in [1.82, 2.24) is 20.3 Å². The van der Waals surface area contributed by atoms with E-state index in [2.05, 4.69) is 43.1 Å². The molecule has 2 amide bonds. The molecule has 4 fully saturated rings. The second-order valence-electron chi connectivity index (χ2n) is 11.6. The zero-order valence-corrected chi connectivity index (χ0v) is 23.5. The molecule has 0 radical (unpaired) electrons. The third kappa shape index (κ3) is 9.28. The van der Waals surface area contributed by atoms with E-state index in [0.29, 0.717) is 23.8 Å². The Morgan fingerprint density at radius 1 is 0.976 bits per heavy atom. The molecule has 42 heavy (non-hydrogen) atoms. The monoisotopic (exact) mass is 588 g/mol. The maximum atomic E-state index is 12.1. The lowest BCUT2D eigenvalue weighted by Crippen LogP contribution is -2.37. The van der Waals surface area contributed by atoms with Gasteiger partial charge in [0.25, 0.3) is 5.91 Å². The fourth-order valence-electron chi connectivity index (χ4n) is 4.72. The van der Waals surface area contributed by atoms with Gasteiger partial charge in [0, 0.05) is 31.6 Å². The van der Waals surface area contributed by atoms with E-state index in [1.807, 2.05) is 0 Å². The first kappa shape index (κ1) is 30.0. The zero-order chi connectivity index (χ0) is 29.7. The number of alkyl halides is 2. The van der Waals surface area contributed by atoms with Gasteiger partial charge in [-0.3, -0.25) is 9.59 Å². The van der Waals surface area contributed by atoms with Crippen LogP contribution in [0.1, 0.15) is 91.3 Å². The number of carbonyl (C=O) groups is 2. The van der Waals surface area contributed by atoms with Crippen LogP contribution in [-0.2, 0) is 27.1 Å². The van der Waals surface area contributed by atoms with Crippen molar-refractivity contribution in [2.45, 2.75) is 94.7 Å². The Bertz CT molecular complexity index is 1340. The Kier molecular flexibility index (Phi) is 9.47. The number of hydrogen-bond donors (Lipinski definition) is 3. The topological polar surface area (TPSA) is 172 Å². The molecule has 11 nitrogen and oxygen atoms in total. The molecular weight excluding hydrogens is 550 g/mol. The van der Waals surface area contributed by atoms with Crippen molar-refractivity contribution in [3.8, 4) is 0 Å². The number of aromatic nitrogens is 4. The maximum absolute atomic E-state index is 12.1. The number of ether oxygens (including phenoxy) is 2. The summed E-state index contributed by atoms with van der Waals surface area (Å²) in [6, 6.07) is 6.46. The number of primary amides is 2. The first-order valence-corrected chi connectivity index (χ1v) is 14.6. The summed E-state index contributed by atoms with van der Waals surface area (Å²) in [5.74, 6) is -2.37. The van der Waals surface area contributed by atoms with Gasteiger partial charge in [-0.25, -0.2) is 18.4 Å². The lowest BCUT2D eigenvalue weighted by molar-refractivity contribution is -0.131. The molecule has 228 valence electrons. The number of H-pyrrole nitrogens is 1. The van der Waals surface area contributed by atoms with Crippen molar-refractivity contribution in [2.75, 3.05) is 13.2 Å². The predicted molar refractivity (Wildman–Crippen MR) is 148 cm³/mol. The van der Waals surface area contributed by atoms with Crippen LogP contribution in [0, 0.1) is 5.92 Å². The summed E-state index contributed by atoms with van der Waals surface area (Å²) >= 11 is 0. The number of aromatic amines is 1. The van der Waals surface area contributed by atoms with Crippen molar-refractivity contribution >= 4 is 22.8 Å². The van der Waals surface area contributed by atoms with E-state index in [0.717, 1.165) is 55.8 Å². The van der Waals surface area contributed by atoms with Crippen LogP contribution in [0.25, 0.3) is 11.0 Å². The van der Waals surface area contributed by atoms with Crippen LogP contribution in [-0.4, -0.2) is 63.4 Å². The fraction of sp³-hybridized carbons (Fsp3) is 0.621. The van der Waals surface area contributed by atoms with Gasteiger partial charge in [0.2, 0.25) is 11.8 Å². The molecule has 4 aliphatic rings. The number of carbonyl (C=O) groups excluding carboxylic acids is 2. The van der Waals surface area contributed by atoms with Crippen LogP contribution < -0.4 is 11.5 Å². The summed E-state index contributed by atoms with van der Waals surface area (Å²) in [6.45, 7) is 1.60. The molecule has 0 unspecified atom stereocenters. The van der Waals surface area contributed by atoms with Crippen LogP contribution >= 0.6 is 0 Å². The summed E-state index contributed by atoms with van der Waals surface area (Å²) in [5, 5.41) is 7.03. The number of halogens is 2. The molecule has 0 saturated heterocycles. The van der Waals surface area contributed by atoms with Crippen LogP contribution in [0.4, 0.5) is 8.78 Å². The molecule has 13 heteroatoms. The van der Waals surface area contributed by atoms with Crippen LogP contribution in [0.5, 0.6) is 0 Å². The van der Waals surface area contributed by atoms with Gasteiger partial charge < -0.3 is 25.9 Å². The summed E-state index contributed by atoms with van der Waals surface area (Å²) in [5.41, 5.74) is 14.1. The average molecular weight is 589 g/mol. The summed E-state index contributed by atoms with van der Waals surface area (Å²) in [7, 11) is 0. The van der Waals surface area contributed by atoms with Gasteiger partial charge in [-0.05, 0) is 73.7 Å². The van der Waals surface area contributed by atoms with Gasteiger partial charge in [0.05, 0.1) is 36.5 Å². The molecule has 0 atom stereocenters. The van der Waals surface area contributed by atoms with Gasteiger partial charge in [-0.15, -0.1) is 0 Å². The highest BCUT2D eigenvalue weighted by Gasteiger charge is 2.45. The van der Waals surface area contributed by atoms with Crippen molar-refractivity contribution in [3.05, 3.63) is 41.0 Å². The summed E-state index contributed by atoms with van der Waals surface area (Å²) in [6.07, 6.45) is 9.71. The summed E-state index contributed by atoms with van der Waals surface area (Å²) in [4.78, 5) is 28.9. The van der Waals surface area contributed by atoms with Crippen molar-refractivity contribution in [3.63, 3.8) is 0 Å². The van der Waals surface area contributed by atoms with Crippen LogP contribution in [0.2, 0.25) is 0 Å². The minimum atomic E-state index is -2.53. The second-order valence-corrected chi connectivity index (χ2v) is 11.6. The van der Waals surface area contributed by atoms with Gasteiger partial charge in [0.15, 0.2) is 5.69 Å². The molecular formula is C29H38F2N6O5. The van der Waals surface area contributed by atoms with E-state index in [1.165, 1.54) is 31.2 Å². The number of benzene rings is 1. The normalized spacial score (nSPS) is 19.3. The molecule has 0 spiro atoms. The smallest absolute Gasteiger partial charge is 0.272 e. The van der Waals surface area contributed by atoms with Gasteiger partial charge >= 0.3 is 0 Å². The highest BCUT2D eigenvalue weighted by molar-refractivity contribution is 5.91. The number of imidazole rings is 1. The van der Waals surface area contributed by atoms with Crippen LogP contribution in [0.3, 0.4) is 0 Å². The first-order chi connectivity index (χ1) is 20.1.